The third-order valence-electron chi connectivity index (χ3n) is 4.06. The van der Waals surface area contributed by atoms with E-state index in [4.69, 9.17) is 10.5 Å². The maximum absolute atomic E-state index is 12.2. The van der Waals surface area contributed by atoms with Gasteiger partial charge >= 0.3 is 6.03 Å². The molecule has 2 aliphatic heterocycles. The number of ether oxygens (including phenoxy) is 1. The fourth-order valence-electron chi connectivity index (χ4n) is 2.79. The molecule has 2 rings (SSSR count). The molecule has 0 spiro atoms. The minimum Gasteiger partial charge on any atom is -0.379 e. The van der Waals surface area contributed by atoms with E-state index in [1.165, 1.54) is 0 Å². The zero-order valence-corrected chi connectivity index (χ0v) is 12.4. The van der Waals surface area contributed by atoms with E-state index in [0.717, 1.165) is 71.6 Å². The highest BCUT2D eigenvalue weighted by Crippen LogP contribution is 2.07. The Hall–Kier alpha value is -0.850. The Bertz CT molecular complexity index is 295. The van der Waals surface area contributed by atoms with Gasteiger partial charge in [0.25, 0.3) is 0 Å². The van der Waals surface area contributed by atoms with Crippen LogP contribution in [0.3, 0.4) is 0 Å². The van der Waals surface area contributed by atoms with E-state index in [9.17, 15) is 4.79 Å². The summed E-state index contributed by atoms with van der Waals surface area (Å²) in [6.45, 7) is 7.02. The highest BCUT2D eigenvalue weighted by atomic mass is 16.5. The number of unbranched alkanes of at least 4 members (excludes halogenated alkanes) is 1. The smallest absolute Gasteiger partial charge is 0.317 e. The maximum Gasteiger partial charge on any atom is 0.317 e. The van der Waals surface area contributed by atoms with E-state index >= 15 is 0 Å². The standard InChI is InChI=1S/C14H28N4O2/c15-5-1-2-6-17-7-3-8-18(10-9-17)14(19)16-13-4-11-20-12-13/h13H,1-12,15H2,(H,16,19). The van der Waals surface area contributed by atoms with Crippen LogP contribution in [0.15, 0.2) is 0 Å². The molecule has 2 aliphatic rings. The molecular weight excluding hydrogens is 256 g/mol. The summed E-state index contributed by atoms with van der Waals surface area (Å²) in [5, 5.41) is 3.07. The number of amides is 2. The van der Waals surface area contributed by atoms with Crippen molar-refractivity contribution < 1.29 is 9.53 Å². The first-order valence-corrected chi connectivity index (χ1v) is 7.85. The number of nitrogens with zero attached hydrogens (tertiary/aromatic N) is 2. The molecule has 2 heterocycles. The van der Waals surface area contributed by atoms with E-state index < -0.39 is 0 Å². The zero-order chi connectivity index (χ0) is 14.2. The summed E-state index contributed by atoms with van der Waals surface area (Å²) in [5.74, 6) is 0. The number of rotatable bonds is 5. The van der Waals surface area contributed by atoms with E-state index in [1.54, 1.807) is 0 Å². The van der Waals surface area contributed by atoms with Crippen LogP contribution < -0.4 is 11.1 Å². The van der Waals surface area contributed by atoms with Crippen molar-refractivity contribution in [3.05, 3.63) is 0 Å². The van der Waals surface area contributed by atoms with Gasteiger partial charge in [-0.2, -0.15) is 0 Å². The zero-order valence-electron chi connectivity index (χ0n) is 12.4. The van der Waals surface area contributed by atoms with Crippen LogP contribution in [0.2, 0.25) is 0 Å². The Morgan fingerprint density at radius 1 is 1.25 bits per heavy atom. The van der Waals surface area contributed by atoms with Gasteiger partial charge < -0.3 is 25.6 Å². The Kier molecular flexibility index (Phi) is 6.56. The minimum absolute atomic E-state index is 0.0734. The largest absolute Gasteiger partial charge is 0.379 e. The van der Waals surface area contributed by atoms with Crippen LogP contribution in [0.5, 0.6) is 0 Å². The van der Waals surface area contributed by atoms with Gasteiger partial charge in [0.15, 0.2) is 0 Å². The first-order valence-electron chi connectivity index (χ1n) is 7.85. The number of nitrogens with one attached hydrogen (secondary N) is 1. The van der Waals surface area contributed by atoms with Gasteiger partial charge in [-0.15, -0.1) is 0 Å². The second-order valence-electron chi connectivity index (χ2n) is 5.69. The van der Waals surface area contributed by atoms with Gasteiger partial charge in [-0.05, 0) is 45.3 Å². The van der Waals surface area contributed by atoms with Crippen molar-refractivity contribution >= 4 is 6.03 Å². The molecular formula is C14H28N4O2. The molecule has 3 N–H and O–H groups in total. The van der Waals surface area contributed by atoms with E-state index in [2.05, 4.69) is 10.2 Å². The lowest BCUT2D eigenvalue weighted by atomic mass is 10.3. The van der Waals surface area contributed by atoms with Crippen molar-refractivity contribution in [1.29, 1.82) is 0 Å². The van der Waals surface area contributed by atoms with Gasteiger partial charge in [-0.3, -0.25) is 0 Å². The topological polar surface area (TPSA) is 70.8 Å². The van der Waals surface area contributed by atoms with Crippen molar-refractivity contribution in [3.8, 4) is 0 Å². The van der Waals surface area contributed by atoms with E-state index in [1.807, 2.05) is 4.90 Å². The SMILES string of the molecule is NCCCCN1CCCN(C(=O)NC2CCOC2)CC1. The van der Waals surface area contributed by atoms with Crippen molar-refractivity contribution in [2.24, 2.45) is 5.73 Å². The molecule has 2 fully saturated rings. The summed E-state index contributed by atoms with van der Waals surface area (Å²) >= 11 is 0. The van der Waals surface area contributed by atoms with E-state index in [0.29, 0.717) is 6.61 Å². The number of hydrogen-bond acceptors (Lipinski definition) is 4. The molecule has 0 saturated carbocycles. The lowest BCUT2D eigenvalue weighted by Crippen LogP contribution is -2.46. The second kappa shape index (κ2) is 8.44. The van der Waals surface area contributed by atoms with Gasteiger partial charge in [0, 0.05) is 26.2 Å². The highest BCUT2D eigenvalue weighted by molar-refractivity contribution is 5.74. The Labute approximate surface area is 121 Å². The number of carbonyl (C=O) groups is 1. The van der Waals surface area contributed by atoms with Crippen LogP contribution in [-0.4, -0.2) is 74.4 Å². The molecule has 0 aromatic carbocycles. The monoisotopic (exact) mass is 284 g/mol. The molecule has 0 aromatic heterocycles. The van der Waals surface area contributed by atoms with Crippen molar-refractivity contribution in [1.82, 2.24) is 15.1 Å². The van der Waals surface area contributed by atoms with Crippen molar-refractivity contribution in [2.45, 2.75) is 31.7 Å². The first kappa shape index (κ1) is 15.5. The van der Waals surface area contributed by atoms with Crippen LogP contribution >= 0.6 is 0 Å². The molecule has 1 atom stereocenters. The predicted octanol–water partition coefficient (Wildman–Crippen LogP) is 0.232. The fourth-order valence-corrected chi connectivity index (χ4v) is 2.79. The van der Waals surface area contributed by atoms with Gasteiger partial charge in [0.2, 0.25) is 0 Å². The van der Waals surface area contributed by atoms with Crippen LogP contribution in [0.4, 0.5) is 4.79 Å². The highest BCUT2D eigenvalue weighted by Gasteiger charge is 2.23. The van der Waals surface area contributed by atoms with Crippen LogP contribution in [0.1, 0.15) is 25.7 Å². The van der Waals surface area contributed by atoms with E-state index in [-0.39, 0.29) is 12.1 Å². The third-order valence-corrected chi connectivity index (χ3v) is 4.06. The Morgan fingerprint density at radius 2 is 2.15 bits per heavy atom. The van der Waals surface area contributed by atoms with Gasteiger partial charge in [0.1, 0.15) is 0 Å². The molecule has 2 amide bonds. The molecule has 0 bridgehead atoms. The lowest BCUT2D eigenvalue weighted by molar-refractivity contribution is 0.178. The molecule has 116 valence electrons. The summed E-state index contributed by atoms with van der Waals surface area (Å²) < 4.78 is 5.29. The molecule has 20 heavy (non-hydrogen) atoms. The van der Waals surface area contributed by atoms with Crippen LogP contribution in [0.25, 0.3) is 0 Å². The molecule has 0 aliphatic carbocycles. The average Bonchev–Trinajstić information content (AvgIpc) is 2.83. The van der Waals surface area contributed by atoms with Crippen LogP contribution in [0, 0.1) is 0 Å². The fraction of sp³-hybridized carbons (Fsp3) is 0.929. The minimum atomic E-state index is 0.0734. The summed E-state index contributed by atoms with van der Waals surface area (Å²) in [6.07, 6.45) is 4.23. The maximum atomic E-state index is 12.2. The second-order valence-corrected chi connectivity index (χ2v) is 5.69. The van der Waals surface area contributed by atoms with Gasteiger partial charge in [0.05, 0.1) is 12.6 Å². The molecule has 0 radical (unpaired) electrons. The molecule has 6 nitrogen and oxygen atoms in total. The number of nitrogens with two attached hydrogens (primary N) is 1. The molecule has 0 aromatic rings. The molecule has 6 heteroatoms. The number of urea groups is 1. The number of hydrogen-bond donors (Lipinski definition) is 2. The summed E-state index contributed by atoms with van der Waals surface area (Å²) in [7, 11) is 0. The normalized spacial score (nSPS) is 24.6. The average molecular weight is 284 g/mol. The molecule has 2 saturated heterocycles. The lowest BCUT2D eigenvalue weighted by Gasteiger charge is -2.23. The predicted molar refractivity (Wildman–Crippen MR) is 78.7 cm³/mol. The Morgan fingerprint density at radius 3 is 2.90 bits per heavy atom. The van der Waals surface area contributed by atoms with Crippen molar-refractivity contribution in [2.75, 3.05) is 52.5 Å². The molecule has 1 unspecified atom stereocenters. The summed E-state index contributed by atoms with van der Waals surface area (Å²) in [6, 6.07) is 0.274. The summed E-state index contributed by atoms with van der Waals surface area (Å²) in [5.41, 5.74) is 5.52. The van der Waals surface area contributed by atoms with Gasteiger partial charge in [-0.1, -0.05) is 0 Å². The quantitative estimate of drug-likeness (QED) is 0.709. The third kappa shape index (κ3) is 4.92. The van der Waals surface area contributed by atoms with Crippen molar-refractivity contribution in [3.63, 3.8) is 0 Å². The Balaban J connectivity index is 1.69. The number of carbonyl (C=O) groups excluding carboxylic acids is 1. The van der Waals surface area contributed by atoms with Crippen LogP contribution in [-0.2, 0) is 4.74 Å². The first-order chi connectivity index (χ1) is 9.79. The summed E-state index contributed by atoms with van der Waals surface area (Å²) in [4.78, 5) is 16.6. The van der Waals surface area contributed by atoms with Gasteiger partial charge in [-0.25, -0.2) is 4.79 Å².